The molecule has 0 spiro atoms. The summed E-state index contributed by atoms with van der Waals surface area (Å²) < 4.78 is 0.717. The number of nitrogens with zero attached hydrogens (tertiary/aromatic N) is 2. The normalized spacial score (nSPS) is 14.2. The maximum atomic E-state index is 12.1. The molecule has 26 heavy (non-hydrogen) atoms. The fourth-order valence-electron chi connectivity index (χ4n) is 3.40. The van der Waals surface area contributed by atoms with Crippen LogP contribution in [0.3, 0.4) is 0 Å². The first kappa shape index (κ1) is 17.4. The van der Waals surface area contributed by atoms with Crippen molar-refractivity contribution in [2.75, 3.05) is 11.5 Å². The molecule has 3 aromatic rings. The van der Waals surface area contributed by atoms with Gasteiger partial charge in [-0.05, 0) is 48.9 Å². The van der Waals surface area contributed by atoms with E-state index in [1.807, 2.05) is 0 Å². The topological polar surface area (TPSA) is 96.7 Å². The Labute approximate surface area is 160 Å². The third-order valence-corrected chi connectivity index (χ3v) is 6.54. The molecule has 4 N–H and O–H groups in total. The molecule has 1 aromatic carbocycles. The van der Waals surface area contributed by atoms with E-state index in [1.54, 1.807) is 0 Å². The van der Waals surface area contributed by atoms with Crippen LogP contribution < -0.4 is 11.1 Å². The predicted molar refractivity (Wildman–Crippen MR) is 106 cm³/mol. The first-order valence-corrected chi connectivity index (χ1v) is 10.6. The molecule has 0 radical (unpaired) electrons. The molecule has 6 nitrogen and oxygen atoms in total. The highest BCUT2D eigenvalue weighted by molar-refractivity contribution is 8.01. The number of fused-ring (bicyclic) bond motifs is 3. The third-order valence-electron chi connectivity index (χ3n) is 4.65. The number of nitrogens with two attached hydrogens (primary N) is 1. The van der Waals surface area contributed by atoms with Crippen LogP contribution in [-0.4, -0.2) is 26.8 Å². The Kier molecular flexibility index (Phi) is 5.12. The van der Waals surface area contributed by atoms with E-state index in [9.17, 15) is 4.79 Å². The summed E-state index contributed by atoms with van der Waals surface area (Å²) in [6.45, 7) is 0.535. The van der Waals surface area contributed by atoms with Crippen molar-refractivity contribution in [3.63, 3.8) is 0 Å². The Bertz CT molecular complexity index is 933. The van der Waals surface area contributed by atoms with Gasteiger partial charge >= 0.3 is 0 Å². The van der Waals surface area contributed by atoms with Crippen LogP contribution in [-0.2, 0) is 24.2 Å². The van der Waals surface area contributed by atoms with Crippen molar-refractivity contribution < 1.29 is 4.79 Å². The molecule has 0 fully saturated rings. The number of hydrogen-bond donors (Lipinski definition) is 3. The molecule has 1 aliphatic rings. The van der Waals surface area contributed by atoms with Gasteiger partial charge in [-0.1, -0.05) is 35.6 Å². The molecular weight excluding hydrogens is 366 g/mol. The van der Waals surface area contributed by atoms with Gasteiger partial charge in [0.15, 0.2) is 4.34 Å². The van der Waals surface area contributed by atoms with Crippen LogP contribution >= 0.6 is 23.1 Å². The molecule has 0 saturated heterocycles. The van der Waals surface area contributed by atoms with E-state index in [4.69, 9.17) is 5.73 Å². The molecule has 4 rings (SSSR count). The number of anilines is 1. The van der Waals surface area contributed by atoms with Crippen molar-refractivity contribution in [3.8, 4) is 0 Å². The largest absolute Gasteiger partial charge is 0.374 e. The highest BCUT2D eigenvalue weighted by Crippen LogP contribution is 2.29. The Morgan fingerprint density at radius 2 is 2.15 bits per heavy atom. The Balaban J connectivity index is 1.39. The second-order valence-corrected chi connectivity index (χ2v) is 8.73. The van der Waals surface area contributed by atoms with Gasteiger partial charge in [0.1, 0.15) is 0 Å². The molecular formula is C18H21N5OS2. The zero-order valence-electron chi connectivity index (χ0n) is 14.4. The summed E-state index contributed by atoms with van der Waals surface area (Å²) in [5.74, 6) is 0.299. The van der Waals surface area contributed by atoms with E-state index in [0.29, 0.717) is 21.8 Å². The average molecular weight is 388 g/mol. The highest BCUT2D eigenvalue weighted by Gasteiger charge is 2.14. The van der Waals surface area contributed by atoms with Crippen molar-refractivity contribution in [3.05, 3.63) is 35.0 Å². The van der Waals surface area contributed by atoms with Gasteiger partial charge in [0.05, 0.1) is 5.75 Å². The van der Waals surface area contributed by atoms with E-state index in [1.165, 1.54) is 64.5 Å². The van der Waals surface area contributed by atoms with Crippen molar-refractivity contribution in [2.24, 2.45) is 0 Å². The number of hydrogen-bond acceptors (Lipinski definition) is 6. The van der Waals surface area contributed by atoms with E-state index in [2.05, 4.69) is 38.7 Å². The summed E-state index contributed by atoms with van der Waals surface area (Å²) in [4.78, 5) is 15.7. The number of carbonyl (C=O) groups is 1. The van der Waals surface area contributed by atoms with Gasteiger partial charge in [0, 0.05) is 23.1 Å². The number of nitrogens with one attached hydrogen (secondary N) is 2. The fraction of sp³-hybridized carbons (Fsp3) is 0.389. The molecule has 2 heterocycles. The quantitative estimate of drug-likeness (QED) is 0.461. The van der Waals surface area contributed by atoms with Gasteiger partial charge in [-0.3, -0.25) is 4.79 Å². The Morgan fingerprint density at radius 3 is 3.00 bits per heavy atom. The maximum absolute atomic E-state index is 12.1. The molecule has 8 heteroatoms. The van der Waals surface area contributed by atoms with Crippen LogP contribution in [0.2, 0.25) is 0 Å². The summed E-state index contributed by atoms with van der Waals surface area (Å²) in [5, 5.41) is 12.4. The second-order valence-electron chi connectivity index (χ2n) is 6.49. The number of aromatic nitrogens is 3. The lowest BCUT2D eigenvalue weighted by Crippen LogP contribution is -2.24. The van der Waals surface area contributed by atoms with Crippen LogP contribution in [0.15, 0.2) is 22.5 Å². The lowest BCUT2D eigenvalue weighted by atomic mass is 10.0. The number of H-pyrrole nitrogens is 1. The molecule has 0 bridgehead atoms. The number of nitrogen functional groups attached to an aromatic ring is 1. The first-order valence-electron chi connectivity index (χ1n) is 8.80. The van der Waals surface area contributed by atoms with Crippen LogP contribution in [0.25, 0.3) is 10.9 Å². The zero-order valence-corrected chi connectivity index (χ0v) is 16.0. The molecule has 1 aliphatic carbocycles. The first-order chi connectivity index (χ1) is 12.7. The van der Waals surface area contributed by atoms with Crippen LogP contribution in [0.5, 0.6) is 0 Å². The predicted octanol–water partition coefficient (Wildman–Crippen LogP) is 3.28. The van der Waals surface area contributed by atoms with Crippen molar-refractivity contribution >= 4 is 45.0 Å². The monoisotopic (exact) mass is 387 g/mol. The number of amides is 1. The van der Waals surface area contributed by atoms with Crippen molar-refractivity contribution in [2.45, 2.75) is 43.0 Å². The molecule has 0 aliphatic heterocycles. The summed E-state index contributed by atoms with van der Waals surface area (Å²) in [7, 11) is 0. The average Bonchev–Trinajstić information content (AvgIpc) is 3.13. The lowest BCUT2D eigenvalue weighted by molar-refractivity contribution is -0.118. The Hall–Kier alpha value is -2.06. The van der Waals surface area contributed by atoms with Crippen molar-refractivity contribution in [1.29, 1.82) is 0 Å². The SMILES string of the molecule is Nc1nnc(SCC(=O)NCc2ccc3[nH]c4c(c3c2)CCCCC4)s1. The van der Waals surface area contributed by atoms with E-state index in [0.717, 1.165) is 18.4 Å². The van der Waals surface area contributed by atoms with Crippen molar-refractivity contribution in [1.82, 2.24) is 20.5 Å². The molecule has 0 atom stereocenters. The third kappa shape index (κ3) is 3.86. The number of carbonyl (C=O) groups excluding carboxylic acids is 1. The summed E-state index contributed by atoms with van der Waals surface area (Å²) >= 11 is 2.65. The minimum absolute atomic E-state index is 0.0169. The van der Waals surface area contributed by atoms with Crippen LogP contribution in [0.1, 0.15) is 36.1 Å². The number of thioether (sulfide) groups is 1. The number of rotatable bonds is 5. The van der Waals surface area contributed by atoms with Crippen LogP contribution in [0, 0.1) is 0 Å². The van der Waals surface area contributed by atoms with E-state index < -0.39 is 0 Å². The molecule has 2 aromatic heterocycles. The standard InChI is InChI=1S/C18H21N5OS2/c19-17-22-23-18(26-17)25-10-16(24)20-9-11-6-7-15-13(8-11)12-4-2-1-3-5-14(12)21-15/h6-8,21H,1-5,9-10H2,(H2,19,22)(H,20,24). The number of aromatic amines is 1. The van der Waals surface area contributed by atoms with Gasteiger partial charge < -0.3 is 16.0 Å². The van der Waals surface area contributed by atoms with Gasteiger partial charge in [-0.15, -0.1) is 10.2 Å². The highest BCUT2D eigenvalue weighted by atomic mass is 32.2. The van der Waals surface area contributed by atoms with Gasteiger partial charge in [0.25, 0.3) is 0 Å². The fourth-order valence-corrected chi connectivity index (χ4v) is 4.86. The van der Waals surface area contributed by atoms with Gasteiger partial charge in [-0.2, -0.15) is 0 Å². The molecule has 1 amide bonds. The van der Waals surface area contributed by atoms with Gasteiger partial charge in [-0.25, -0.2) is 0 Å². The zero-order chi connectivity index (χ0) is 17.9. The molecule has 0 unspecified atom stereocenters. The molecule has 136 valence electrons. The number of aryl methyl sites for hydroxylation is 2. The maximum Gasteiger partial charge on any atom is 0.230 e. The lowest BCUT2D eigenvalue weighted by Gasteiger charge is -2.06. The summed E-state index contributed by atoms with van der Waals surface area (Å²) in [6, 6.07) is 6.43. The second kappa shape index (κ2) is 7.67. The summed E-state index contributed by atoms with van der Waals surface area (Å²) in [6.07, 6.45) is 6.11. The van der Waals surface area contributed by atoms with Crippen LogP contribution in [0.4, 0.5) is 5.13 Å². The van der Waals surface area contributed by atoms with E-state index >= 15 is 0 Å². The van der Waals surface area contributed by atoms with Gasteiger partial charge in [0.2, 0.25) is 11.0 Å². The minimum atomic E-state index is -0.0169. The minimum Gasteiger partial charge on any atom is -0.374 e. The molecule has 0 saturated carbocycles. The summed E-state index contributed by atoms with van der Waals surface area (Å²) in [5.41, 5.74) is 10.7. The Morgan fingerprint density at radius 1 is 1.27 bits per heavy atom. The van der Waals surface area contributed by atoms with E-state index in [-0.39, 0.29) is 5.91 Å². The smallest absolute Gasteiger partial charge is 0.230 e. The number of benzene rings is 1.